The Morgan fingerprint density at radius 3 is 1.81 bits per heavy atom. The van der Waals surface area contributed by atoms with E-state index in [4.69, 9.17) is 0 Å². The zero-order chi connectivity index (χ0) is 15.2. The minimum Gasteiger partial charge on any atom is -0.312 e. The Labute approximate surface area is 134 Å². The maximum Gasteiger partial charge on any atom is 0.00695 e. The predicted molar refractivity (Wildman–Crippen MR) is 95.9 cm³/mol. The molecule has 1 heteroatoms. The molecule has 0 heterocycles. The van der Waals surface area contributed by atoms with Crippen LogP contribution in [0.4, 0.5) is 0 Å². The van der Waals surface area contributed by atoms with Crippen LogP contribution < -0.4 is 5.32 Å². The zero-order valence-electron chi connectivity index (χ0n) is 15.0. The third-order valence-electron chi connectivity index (χ3n) is 5.12. The lowest BCUT2D eigenvalue weighted by atomic mass is 9.97. The van der Waals surface area contributed by atoms with E-state index >= 15 is 0 Å². The van der Waals surface area contributed by atoms with Crippen LogP contribution in [0.2, 0.25) is 0 Å². The van der Waals surface area contributed by atoms with Crippen LogP contribution in [-0.2, 0) is 0 Å². The van der Waals surface area contributed by atoms with E-state index in [1.165, 1.54) is 103 Å². The molecule has 1 aliphatic rings. The molecule has 0 aliphatic heterocycles. The van der Waals surface area contributed by atoms with Gasteiger partial charge in [-0.2, -0.15) is 0 Å². The fourth-order valence-electron chi connectivity index (χ4n) is 3.69. The van der Waals surface area contributed by atoms with Crippen molar-refractivity contribution < 1.29 is 0 Å². The normalized spacial score (nSPS) is 21.4. The van der Waals surface area contributed by atoms with Gasteiger partial charge >= 0.3 is 0 Å². The Balaban J connectivity index is 2.20. The quantitative estimate of drug-likeness (QED) is 0.521. The molecular formula is C20H41N. The molecule has 1 aliphatic carbocycles. The van der Waals surface area contributed by atoms with E-state index in [2.05, 4.69) is 19.2 Å². The highest BCUT2D eigenvalue weighted by molar-refractivity contribution is 4.72. The fraction of sp³-hybridized carbons (Fsp3) is 1.00. The van der Waals surface area contributed by atoms with Crippen LogP contribution in [-0.4, -0.2) is 12.1 Å². The summed E-state index contributed by atoms with van der Waals surface area (Å²) < 4.78 is 0. The molecule has 0 aromatic carbocycles. The molecule has 1 unspecified atom stereocenters. The predicted octanol–water partition coefficient (Wildman–Crippen LogP) is 6.61. The average Bonchev–Trinajstić information content (AvgIpc) is 2.46. The first-order valence-electron chi connectivity index (χ1n) is 10.1. The smallest absolute Gasteiger partial charge is 0.00695 e. The Hall–Kier alpha value is -0.0400. The fourth-order valence-corrected chi connectivity index (χ4v) is 3.69. The van der Waals surface area contributed by atoms with Crippen LogP contribution in [0.3, 0.4) is 0 Å². The number of rotatable bonds is 7. The molecule has 0 aromatic heterocycles. The van der Waals surface area contributed by atoms with Crippen molar-refractivity contribution in [2.45, 2.75) is 129 Å². The SMILES string of the molecule is CCCCCCC(C)NC1CCCCCCCCCCC1. The first-order chi connectivity index (χ1) is 10.3. The summed E-state index contributed by atoms with van der Waals surface area (Å²) in [5.74, 6) is 0. The van der Waals surface area contributed by atoms with Crippen molar-refractivity contribution in [2.75, 3.05) is 0 Å². The summed E-state index contributed by atoms with van der Waals surface area (Å²) in [6.45, 7) is 4.70. The molecular weight excluding hydrogens is 254 g/mol. The molecule has 1 N–H and O–H groups in total. The van der Waals surface area contributed by atoms with E-state index in [0.29, 0.717) is 0 Å². The first kappa shape index (κ1) is 19.0. The van der Waals surface area contributed by atoms with E-state index < -0.39 is 0 Å². The highest BCUT2D eigenvalue weighted by Gasteiger charge is 2.12. The van der Waals surface area contributed by atoms with Gasteiger partial charge in [0.25, 0.3) is 0 Å². The summed E-state index contributed by atoms with van der Waals surface area (Å²) in [7, 11) is 0. The Bertz CT molecular complexity index is 202. The summed E-state index contributed by atoms with van der Waals surface area (Å²) in [5.41, 5.74) is 0. The van der Waals surface area contributed by atoms with Crippen molar-refractivity contribution in [2.24, 2.45) is 0 Å². The summed E-state index contributed by atoms with van der Waals surface area (Å²) in [4.78, 5) is 0. The van der Waals surface area contributed by atoms with E-state index in [9.17, 15) is 0 Å². The second kappa shape index (κ2) is 13.6. The van der Waals surface area contributed by atoms with Crippen LogP contribution >= 0.6 is 0 Å². The minimum atomic E-state index is 0.722. The number of nitrogens with one attached hydrogen (secondary N) is 1. The average molecular weight is 296 g/mol. The minimum absolute atomic E-state index is 0.722. The van der Waals surface area contributed by atoms with Gasteiger partial charge in [-0.15, -0.1) is 0 Å². The monoisotopic (exact) mass is 295 g/mol. The van der Waals surface area contributed by atoms with E-state index in [-0.39, 0.29) is 0 Å². The van der Waals surface area contributed by atoms with Gasteiger partial charge in [0.05, 0.1) is 0 Å². The summed E-state index contributed by atoms with van der Waals surface area (Å²) in [6.07, 6.45) is 23.0. The molecule has 0 bridgehead atoms. The van der Waals surface area contributed by atoms with E-state index in [1.54, 1.807) is 0 Å². The molecule has 126 valence electrons. The maximum atomic E-state index is 3.95. The Morgan fingerprint density at radius 1 is 0.762 bits per heavy atom. The lowest BCUT2D eigenvalue weighted by Crippen LogP contribution is -2.36. The van der Waals surface area contributed by atoms with Gasteiger partial charge in [0.1, 0.15) is 0 Å². The van der Waals surface area contributed by atoms with Crippen LogP contribution in [0.15, 0.2) is 0 Å². The van der Waals surface area contributed by atoms with Gasteiger partial charge in [0.15, 0.2) is 0 Å². The number of unbranched alkanes of at least 4 members (excludes halogenated alkanes) is 3. The van der Waals surface area contributed by atoms with Gasteiger partial charge in [-0.1, -0.05) is 90.4 Å². The summed E-state index contributed by atoms with van der Waals surface area (Å²) in [5, 5.41) is 3.95. The second-order valence-corrected chi connectivity index (χ2v) is 7.37. The van der Waals surface area contributed by atoms with Gasteiger partial charge in [0, 0.05) is 12.1 Å². The van der Waals surface area contributed by atoms with Crippen LogP contribution in [0.25, 0.3) is 0 Å². The third kappa shape index (κ3) is 11.2. The first-order valence-corrected chi connectivity index (χ1v) is 10.1. The molecule has 1 saturated carbocycles. The molecule has 0 amide bonds. The molecule has 1 atom stereocenters. The van der Waals surface area contributed by atoms with Crippen molar-refractivity contribution >= 4 is 0 Å². The maximum absolute atomic E-state index is 3.95. The number of hydrogen-bond acceptors (Lipinski definition) is 1. The van der Waals surface area contributed by atoms with Crippen molar-refractivity contribution in [3.63, 3.8) is 0 Å². The van der Waals surface area contributed by atoms with Crippen molar-refractivity contribution in [3.8, 4) is 0 Å². The highest BCUT2D eigenvalue weighted by atomic mass is 14.9. The molecule has 1 rings (SSSR count). The molecule has 0 radical (unpaired) electrons. The van der Waals surface area contributed by atoms with Crippen molar-refractivity contribution in [1.82, 2.24) is 5.32 Å². The zero-order valence-corrected chi connectivity index (χ0v) is 15.0. The molecule has 0 spiro atoms. The largest absolute Gasteiger partial charge is 0.312 e. The van der Waals surface area contributed by atoms with Crippen LogP contribution in [0, 0.1) is 0 Å². The van der Waals surface area contributed by atoms with E-state index in [0.717, 1.165) is 12.1 Å². The summed E-state index contributed by atoms with van der Waals surface area (Å²) in [6, 6.07) is 1.52. The van der Waals surface area contributed by atoms with Gasteiger partial charge < -0.3 is 5.32 Å². The Morgan fingerprint density at radius 2 is 1.29 bits per heavy atom. The van der Waals surface area contributed by atoms with Gasteiger partial charge in [-0.3, -0.25) is 0 Å². The molecule has 0 aromatic rings. The van der Waals surface area contributed by atoms with Gasteiger partial charge in [-0.05, 0) is 26.2 Å². The second-order valence-electron chi connectivity index (χ2n) is 7.37. The molecule has 1 nitrogen and oxygen atoms in total. The highest BCUT2D eigenvalue weighted by Crippen LogP contribution is 2.18. The Kier molecular flexibility index (Phi) is 12.3. The van der Waals surface area contributed by atoms with Crippen molar-refractivity contribution in [3.05, 3.63) is 0 Å². The van der Waals surface area contributed by atoms with Crippen molar-refractivity contribution in [1.29, 1.82) is 0 Å². The standard InChI is InChI=1S/C20H41N/c1-3-4-5-13-16-19(2)21-20-17-14-11-9-7-6-8-10-12-15-18-20/h19-21H,3-18H2,1-2H3. The molecule has 1 fully saturated rings. The molecule has 21 heavy (non-hydrogen) atoms. The van der Waals surface area contributed by atoms with Crippen LogP contribution in [0.5, 0.6) is 0 Å². The molecule has 0 saturated heterocycles. The van der Waals surface area contributed by atoms with Crippen LogP contribution in [0.1, 0.15) is 117 Å². The number of hydrogen-bond donors (Lipinski definition) is 1. The topological polar surface area (TPSA) is 12.0 Å². The van der Waals surface area contributed by atoms with Gasteiger partial charge in [-0.25, -0.2) is 0 Å². The summed E-state index contributed by atoms with van der Waals surface area (Å²) >= 11 is 0. The van der Waals surface area contributed by atoms with Gasteiger partial charge in [0.2, 0.25) is 0 Å². The lowest BCUT2D eigenvalue weighted by molar-refractivity contribution is 0.357. The lowest BCUT2D eigenvalue weighted by Gasteiger charge is -2.24. The van der Waals surface area contributed by atoms with E-state index in [1.807, 2.05) is 0 Å². The third-order valence-corrected chi connectivity index (χ3v) is 5.12.